The second kappa shape index (κ2) is 2.85. The fourth-order valence-electron chi connectivity index (χ4n) is 1.30. The molecule has 5 N–H and O–H groups in total. The first kappa shape index (κ1) is 8.25. The predicted molar refractivity (Wildman–Crippen MR) is 56.7 cm³/mol. The molecule has 0 spiro atoms. The van der Waals surface area contributed by atoms with Crippen LogP contribution in [0.25, 0.3) is 11.0 Å². The van der Waals surface area contributed by atoms with E-state index >= 15 is 0 Å². The second-order valence-electron chi connectivity index (χ2n) is 2.71. The lowest BCUT2D eigenvalue weighted by Gasteiger charge is -2.01. The van der Waals surface area contributed by atoms with Gasteiger partial charge in [0.25, 0.3) is 0 Å². The summed E-state index contributed by atoms with van der Waals surface area (Å²) >= 11 is 1.58. The molecule has 1 aromatic carbocycles. The van der Waals surface area contributed by atoms with E-state index in [1.165, 1.54) is 0 Å². The molecule has 0 atom stereocenters. The van der Waals surface area contributed by atoms with Gasteiger partial charge in [0.2, 0.25) is 0 Å². The van der Waals surface area contributed by atoms with Gasteiger partial charge in [-0.05, 0) is 18.4 Å². The standard InChI is InChI=1S/C8H10N4S/c1-13-7-4(9)2-3-5-6(7)12-8(10)11-5/h2-3H,9H2,1H3,(H3,10,11,12). The zero-order valence-corrected chi connectivity index (χ0v) is 7.98. The number of rotatable bonds is 1. The lowest BCUT2D eigenvalue weighted by atomic mass is 10.3. The van der Waals surface area contributed by atoms with Gasteiger partial charge in [-0.15, -0.1) is 11.8 Å². The third-order valence-corrected chi connectivity index (χ3v) is 2.70. The number of thioether (sulfide) groups is 1. The van der Waals surface area contributed by atoms with Gasteiger partial charge >= 0.3 is 0 Å². The maximum atomic E-state index is 5.79. The summed E-state index contributed by atoms with van der Waals surface area (Å²) in [6.45, 7) is 0. The van der Waals surface area contributed by atoms with Crippen molar-refractivity contribution >= 4 is 34.4 Å². The molecule has 0 unspecified atom stereocenters. The quantitative estimate of drug-likeness (QED) is 0.474. The molecule has 1 aromatic heterocycles. The number of fused-ring (bicyclic) bond motifs is 1. The number of benzene rings is 1. The van der Waals surface area contributed by atoms with Crippen molar-refractivity contribution in [3.8, 4) is 0 Å². The molecule has 2 rings (SSSR count). The minimum absolute atomic E-state index is 0.427. The number of aromatic amines is 1. The number of aromatic nitrogens is 2. The molecule has 4 nitrogen and oxygen atoms in total. The number of nitrogens with zero attached hydrogens (tertiary/aromatic N) is 1. The molecule has 0 bridgehead atoms. The minimum atomic E-state index is 0.427. The van der Waals surface area contributed by atoms with Crippen molar-refractivity contribution in [2.75, 3.05) is 17.7 Å². The highest BCUT2D eigenvalue weighted by molar-refractivity contribution is 7.99. The molecule has 0 saturated heterocycles. The van der Waals surface area contributed by atoms with Crippen LogP contribution in [0.4, 0.5) is 11.6 Å². The van der Waals surface area contributed by atoms with Crippen LogP contribution in [0.2, 0.25) is 0 Å². The number of anilines is 2. The molecular weight excluding hydrogens is 184 g/mol. The molecule has 0 aliphatic carbocycles. The summed E-state index contributed by atoms with van der Waals surface area (Å²) in [5.41, 5.74) is 13.9. The van der Waals surface area contributed by atoms with Crippen molar-refractivity contribution in [1.82, 2.24) is 9.97 Å². The second-order valence-corrected chi connectivity index (χ2v) is 3.52. The van der Waals surface area contributed by atoms with Gasteiger partial charge in [0.15, 0.2) is 5.95 Å². The van der Waals surface area contributed by atoms with Gasteiger partial charge in [0.1, 0.15) is 5.52 Å². The summed E-state index contributed by atoms with van der Waals surface area (Å²) in [6, 6.07) is 3.74. The van der Waals surface area contributed by atoms with Gasteiger partial charge in [-0.1, -0.05) is 0 Å². The topological polar surface area (TPSA) is 80.7 Å². The molecule has 0 saturated carbocycles. The minimum Gasteiger partial charge on any atom is -0.398 e. The Morgan fingerprint density at radius 3 is 2.85 bits per heavy atom. The number of H-pyrrole nitrogens is 1. The molecule has 0 amide bonds. The highest BCUT2D eigenvalue weighted by Crippen LogP contribution is 2.30. The van der Waals surface area contributed by atoms with Crippen molar-refractivity contribution in [3.63, 3.8) is 0 Å². The van der Waals surface area contributed by atoms with E-state index in [0.717, 1.165) is 21.6 Å². The summed E-state index contributed by atoms with van der Waals surface area (Å²) in [5, 5.41) is 0. The highest BCUT2D eigenvalue weighted by atomic mass is 32.2. The number of hydrogen-bond acceptors (Lipinski definition) is 4. The van der Waals surface area contributed by atoms with Gasteiger partial charge in [0, 0.05) is 5.69 Å². The maximum Gasteiger partial charge on any atom is 0.198 e. The van der Waals surface area contributed by atoms with Gasteiger partial charge in [-0.3, -0.25) is 0 Å². The molecule has 0 aliphatic rings. The molecule has 0 aliphatic heterocycles. The summed E-state index contributed by atoms with van der Waals surface area (Å²) in [4.78, 5) is 8.10. The van der Waals surface area contributed by atoms with Crippen LogP contribution in [-0.2, 0) is 0 Å². The summed E-state index contributed by atoms with van der Waals surface area (Å²) in [6.07, 6.45) is 1.97. The van der Waals surface area contributed by atoms with Crippen LogP contribution < -0.4 is 11.5 Å². The van der Waals surface area contributed by atoms with Crippen LogP contribution in [0.15, 0.2) is 17.0 Å². The summed E-state index contributed by atoms with van der Waals surface area (Å²) in [7, 11) is 0. The van der Waals surface area contributed by atoms with Crippen molar-refractivity contribution in [2.24, 2.45) is 0 Å². The molecule has 2 aromatic rings. The van der Waals surface area contributed by atoms with E-state index in [2.05, 4.69) is 9.97 Å². The van der Waals surface area contributed by atoms with Crippen LogP contribution >= 0.6 is 11.8 Å². The number of imidazole rings is 1. The molecule has 13 heavy (non-hydrogen) atoms. The fraction of sp³-hybridized carbons (Fsp3) is 0.125. The van der Waals surface area contributed by atoms with Crippen LogP contribution in [-0.4, -0.2) is 16.2 Å². The molecular formula is C8H10N4S. The van der Waals surface area contributed by atoms with E-state index in [1.54, 1.807) is 11.8 Å². The number of nitrogens with two attached hydrogens (primary N) is 2. The number of nitrogen functional groups attached to an aromatic ring is 2. The number of nitrogens with one attached hydrogen (secondary N) is 1. The van der Waals surface area contributed by atoms with Crippen LogP contribution in [0.1, 0.15) is 0 Å². The predicted octanol–water partition coefficient (Wildman–Crippen LogP) is 1.45. The smallest absolute Gasteiger partial charge is 0.198 e. The summed E-state index contributed by atoms with van der Waals surface area (Å²) < 4.78 is 0. The zero-order valence-electron chi connectivity index (χ0n) is 7.16. The highest BCUT2D eigenvalue weighted by Gasteiger charge is 2.07. The van der Waals surface area contributed by atoms with Crippen molar-refractivity contribution in [1.29, 1.82) is 0 Å². The third kappa shape index (κ3) is 1.21. The SMILES string of the molecule is CSc1c(N)ccc2[nH]c(N)nc12. The number of hydrogen-bond donors (Lipinski definition) is 3. The molecule has 0 radical (unpaired) electrons. The average Bonchev–Trinajstić information content (AvgIpc) is 2.45. The molecule has 1 heterocycles. The van der Waals surface area contributed by atoms with Crippen molar-refractivity contribution < 1.29 is 0 Å². The monoisotopic (exact) mass is 194 g/mol. The lowest BCUT2D eigenvalue weighted by molar-refractivity contribution is 1.34. The van der Waals surface area contributed by atoms with E-state index < -0.39 is 0 Å². The van der Waals surface area contributed by atoms with Gasteiger partial charge in [-0.25, -0.2) is 4.98 Å². The van der Waals surface area contributed by atoms with Crippen LogP contribution in [0.5, 0.6) is 0 Å². The van der Waals surface area contributed by atoms with E-state index in [0.29, 0.717) is 5.95 Å². The zero-order chi connectivity index (χ0) is 9.42. The Bertz CT molecular complexity index is 449. The van der Waals surface area contributed by atoms with Crippen LogP contribution in [0, 0.1) is 0 Å². The third-order valence-electron chi connectivity index (χ3n) is 1.86. The Balaban J connectivity index is 2.82. The van der Waals surface area contributed by atoms with Gasteiger partial charge < -0.3 is 16.5 Å². The fourth-order valence-corrected chi connectivity index (χ4v) is 1.95. The largest absolute Gasteiger partial charge is 0.398 e. The lowest BCUT2D eigenvalue weighted by Crippen LogP contribution is -1.88. The molecule has 0 fully saturated rings. The van der Waals surface area contributed by atoms with Crippen molar-refractivity contribution in [2.45, 2.75) is 4.90 Å². The average molecular weight is 194 g/mol. The first-order valence-electron chi connectivity index (χ1n) is 3.80. The van der Waals surface area contributed by atoms with Crippen LogP contribution in [0.3, 0.4) is 0 Å². The van der Waals surface area contributed by atoms with E-state index in [9.17, 15) is 0 Å². The Morgan fingerprint density at radius 2 is 2.15 bits per heavy atom. The first-order chi connectivity index (χ1) is 6.22. The Labute approximate surface area is 79.7 Å². The maximum absolute atomic E-state index is 5.79. The molecule has 5 heteroatoms. The first-order valence-corrected chi connectivity index (χ1v) is 5.02. The Hall–Kier alpha value is -1.36. The van der Waals surface area contributed by atoms with Crippen molar-refractivity contribution in [3.05, 3.63) is 12.1 Å². The van der Waals surface area contributed by atoms with Gasteiger partial charge in [-0.2, -0.15) is 0 Å². The van der Waals surface area contributed by atoms with E-state index in [-0.39, 0.29) is 0 Å². The van der Waals surface area contributed by atoms with E-state index in [4.69, 9.17) is 11.5 Å². The van der Waals surface area contributed by atoms with Gasteiger partial charge in [0.05, 0.1) is 10.4 Å². The molecule has 68 valence electrons. The van der Waals surface area contributed by atoms with E-state index in [1.807, 2.05) is 18.4 Å². The Morgan fingerprint density at radius 1 is 1.38 bits per heavy atom. The Kier molecular flexibility index (Phi) is 1.81. The normalized spacial score (nSPS) is 10.8. The summed E-state index contributed by atoms with van der Waals surface area (Å²) in [5.74, 6) is 0.427.